The van der Waals surface area contributed by atoms with Crippen LogP contribution in [0.3, 0.4) is 0 Å². The normalized spacial score (nSPS) is 28.0. The number of hydrogen-bond donors (Lipinski definition) is 0. The topological polar surface area (TPSA) is 57.6 Å². The molecule has 2 bridgehead atoms. The molecule has 7 nitrogen and oxygen atoms in total. The molecular weight excluding hydrogens is 534 g/mol. The number of halogens is 3. The van der Waals surface area contributed by atoms with Gasteiger partial charge in [-0.3, -0.25) is 9.80 Å². The first-order valence-electron chi connectivity index (χ1n) is 14.0. The Morgan fingerprint density at radius 1 is 1.10 bits per heavy atom. The van der Waals surface area contributed by atoms with Crippen molar-refractivity contribution in [2.45, 2.75) is 62.2 Å². The number of pyridine rings is 1. The van der Waals surface area contributed by atoms with Crippen molar-refractivity contribution < 1.29 is 13.5 Å². The van der Waals surface area contributed by atoms with Gasteiger partial charge in [0, 0.05) is 49.4 Å². The van der Waals surface area contributed by atoms with Crippen LogP contribution >= 0.6 is 11.6 Å². The summed E-state index contributed by atoms with van der Waals surface area (Å²) in [6, 6.07) is 12.9. The Balaban J connectivity index is 1.18. The number of anilines is 1. The maximum atomic E-state index is 14.3. The van der Waals surface area contributed by atoms with Gasteiger partial charge in [0.25, 0.3) is 5.92 Å². The van der Waals surface area contributed by atoms with Crippen molar-refractivity contribution in [3.05, 3.63) is 65.5 Å². The quantitative estimate of drug-likeness (QED) is 0.297. The number of fused-ring (bicyclic) bond motifs is 4. The second-order valence-electron chi connectivity index (χ2n) is 12.2. The highest BCUT2D eigenvalue weighted by Crippen LogP contribution is 2.46. The van der Waals surface area contributed by atoms with Gasteiger partial charge in [-0.1, -0.05) is 54.1 Å². The van der Waals surface area contributed by atoms with Crippen LogP contribution in [0.2, 0.25) is 5.15 Å². The van der Waals surface area contributed by atoms with Gasteiger partial charge in [0.1, 0.15) is 17.6 Å². The molecule has 10 heteroatoms. The second kappa shape index (κ2) is 9.33. The molecule has 4 aliphatic rings. The summed E-state index contributed by atoms with van der Waals surface area (Å²) in [6.07, 6.45) is 7.68. The lowest BCUT2D eigenvalue weighted by molar-refractivity contribution is 0.00804. The van der Waals surface area contributed by atoms with Gasteiger partial charge >= 0.3 is 6.01 Å². The Labute approximate surface area is 237 Å². The molecule has 0 saturated carbocycles. The minimum absolute atomic E-state index is 0.137. The van der Waals surface area contributed by atoms with Crippen LogP contribution in [0, 0.1) is 0 Å². The summed E-state index contributed by atoms with van der Waals surface area (Å²) < 4.78 is 34.8. The summed E-state index contributed by atoms with van der Waals surface area (Å²) in [5.74, 6) is -1.96. The highest BCUT2D eigenvalue weighted by molar-refractivity contribution is 6.30. The van der Waals surface area contributed by atoms with Crippen molar-refractivity contribution in [1.82, 2.24) is 24.8 Å². The lowest BCUT2D eigenvalue weighted by Crippen LogP contribution is -2.60. The molecule has 3 unspecified atom stereocenters. The highest BCUT2D eigenvalue weighted by atomic mass is 35.5. The molecule has 0 spiro atoms. The molecule has 2 aromatic heterocycles. The largest absolute Gasteiger partial charge is 0.461 e. The Morgan fingerprint density at radius 3 is 2.60 bits per heavy atom. The van der Waals surface area contributed by atoms with E-state index < -0.39 is 11.5 Å². The molecular formula is C30H33ClF2N6O. The Morgan fingerprint density at radius 2 is 1.85 bits per heavy atom. The van der Waals surface area contributed by atoms with Crippen LogP contribution in [0.15, 0.2) is 54.7 Å². The molecule has 3 fully saturated rings. The van der Waals surface area contributed by atoms with Gasteiger partial charge in [0.2, 0.25) is 0 Å². The van der Waals surface area contributed by atoms with Gasteiger partial charge in [-0.15, -0.1) is 0 Å². The average Bonchev–Trinajstić information content (AvgIpc) is 3.52. The smallest absolute Gasteiger partial charge is 0.319 e. The fourth-order valence-electron chi connectivity index (χ4n) is 7.45. The highest BCUT2D eigenvalue weighted by Gasteiger charge is 2.57. The van der Waals surface area contributed by atoms with Crippen LogP contribution < -0.4 is 9.64 Å². The average molecular weight is 567 g/mol. The minimum atomic E-state index is -2.70. The molecule has 3 atom stereocenters. The lowest BCUT2D eigenvalue weighted by Gasteiger charge is -2.50. The predicted molar refractivity (Wildman–Crippen MR) is 151 cm³/mol. The van der Waals surface area contributed by atoms with Crippen molar-refractivity contribution in [3.63, 3.8) is 0 Å². The molecule has 6 heterocycles. The van der Waals surface area contributed by atoms with Crippen LogP contribution in [0.1, 0.15) is 38.7 Å². The van der Waals surface area contributed by atoms with E-state index in [4.69, 9.17) is 21.3 Å². The van der Waals surface area contributed by atoms with E-state index in [1.165, 1.54) is 5.56 Å². The first kappa shape index (κ1) is 26.0. The SMILES string of the molecule is CC(C)(c1ccccc1)N1C2C=CC1CN(c1nc(OCC34CCCN3CC(F)(F)C4)nc3cc(Cl)ncc13)C2. The van der Waals surface area contributed by atoms with Crippen LogP contribution in [0.25, 0.3) is 10.9 Å². The Bertz CT molecular complexity index is 1450. The molecule has 0 aliphatic carbocycles. The number of piperazine rings is 1. The van der Waals surface area contributed by atoms with E-state index in [0.29, 0.717) is 23.6 Å². The fraction of sp³-hybridized carbons (Fsp3) is 0.500. The van der Waals surface area contributed by atoms with Gasteiger partial charge in [-0.2, -0.15) is 9.97 Å². The third-order valence-corrected chi connectivity index (χ3v) is 9.44. The van der Waals surface area contributed by atoms with Crippen LogP contribution in [-0.2, 0) is 5.54 Å². The van der Waals surface area contributed by atoms with E-state index in [2.05, 4.69) is 70.0 Å². The van der Waals surface area contributed by atoms with Crippen LogP contribution in [0.5, 0.6) is 6.01 Å². The van der Waals surface area contributed by atoms with Crippen molar-refractivity contribution in [2.24, 2.45) is 0 Å². The summed E-state index contributed by atoms with van der Waals surface area (Å²) in [5, 5.41) is 1.12. The molecule has 210 valence electrons. The molecule has 4 aliphatic heterocycles. The number of alkyl halides is 2. The van der Waals surface area contributed by atoms with E-state index in [1.807, 2.05) is 11.0 Å². The van der Waals surface area contributed by atoms with E-state index >= 15 is 0 Å². The molecule has 0 amide bonds. The number of benzene rings is 1. The maximum absolute atomic E-state index is 14.3. The molecule has 7 rings (SSSR count). The van der Waals surface area contributed by atoms with Gasteiger partial charge in [0.05, 0.1) is 23.0 Å². The number of hydrogen-bond acceptors (Lipinski definition) is 7. The van der Waals surface area contributed by atoms with Crippen molar-refractivity contribution >= 4 is 28.3 Å². The van der Waals surface area contributed by atoms with Crippen LogP contribution in [-0.4, -0.2) is 81.1 Å². The Kier molecular flexibility index (Phi) is 6.07. The minimum Gasteiger partial charge on any atom is -0.461 e. The maximum Gasteiger partial charge on any atom is 0.319 e. The van der Waals surface area contributed by atoms with Crippen LogP contribution in [0.4, 0.5) is 14.6 Å². The zero-order valence-corrected chi connectivity index (χ0v) is 23.5. The summed E-state index contributed by atoms with van der Waals surface area (Å²) in [6.45, 7) is 6.63. The third kappa shape index (κ3) is 4.33. The number of rotatable bonds is 6. The first-order valence-corrected chi connectivity index (χ1v) is 14.4. The van der Waals surface area contributed by atoms with Gasteiger partial charge in [0.15, 0.2) is 0 Å². The second-order valence-corrected chi connectivity index (χ2v) is 12.6. The summed E-state index contributed by atoms with van der Waals surface area (Å²) in [7, 11) is 0. The lowest BCUT2D eigenvalue weighted by atomic mass is 9.89. The third-order valence-electron chi connectivity index (χ3n) is 9.24. The zero-order chi connectivity index (χ0) is 27.7. The summed E-state index contributed by atoms with van der Waals surface area (Å²) >= 11 is 6.24. The van der Waals surface area contributed by atoms with E-state index in [9.17, 15) is 8.78 Å². The van der Waals surface area contributed by atoms with Crippen molar-refractivity contribution in [1.29, 1.82) is 0 Å². The van der Waals surface area contributed by atoms with E-state index in [1.54, 1.807) is 12.3 Å². The zero-order valence-electron chi connectivity index (χ0n) is 22.7. The van der Waals surface area contributed by atoms with Gasteiger partial charge in [-0.25, -0.2) is 13.8 Å². The monoisotopic (exact) mass is 566 g/mol. The number of ether oxygens (including phenoxy) is 1. The van der Waals surface area contributed by atoms with Crippen molar-refractivity contribution in [3.8, 4) is 6.01 Å². The molecule has 0 N–H and O–H groups in total. The molecule has 0 radical (unpaired) electrons. The molecule has 3 aromatic rings. The molecule has 1 aromatic carbocycles. The summed E-state index contributed by atoms with van der Waals surface area (Å²) in [4.78, 5) is 20.5. The standard InChI is InChI=1S/C30H33ClF2N6O/c1-28(2,20-7-4-3-5-8-20)39-21-9-10-22(39)16-37(15-21)26-23-14-34-25(31)13-24(23)35-27(36-26)40-19-29-11-6-12-38(29)18-30(32,33)17-29/h3-5,7-10,13-14,21-22H,6,11-12,15-19H2,1-2H3. The number of nitrogens with zero attached hydrogens (tertiary/aromatic N) is 6. The molecule has 40 heavy (non-hydrogen) atoms. The Hall–Kier alpha value is -2.88. The van der Waals surface area contributed by atoms with Gasteiger partial charge < -0.3 is 9.64 Å². The van der Waals surface area contributed by atoms with E-state index in [-0.39, 0.29) is 43.2 Å². The predicted octanol–water partition coefficient (Wildman–Crippen LogP) is 5.29. The van der Waals surface area contributed by atoms with Gasteiger partial charge in [-0.05, 0) is 38.8 Å². The fourth-order valence-corrected chi connectivity index (χ4v) is 7.60. The summed E-state index contributed by atoms with van der Waals surface area (Å²) in [5.41, 5.74) is 1.08. The van der Waals surface area contributed by atoms with Crippen molar-refractivity contribution in [2.75, 3.05) is 37.7 Å². The number of aromatic nitrogens is 3. The molecule has 3 saturated heterocycles. The first-order chi connectivity index (χ1) is 19.1. The van der Waals surface area contributed by atoms with E-state index in [0.717, 1.165) is 30.7 Å².